The zero-order valence-electron chi connectivity index (χ0n) is 21.5. The average Bonchev–Trinajstić information content (AvgIpc) is 2.81. The molecule has 1 aliphatic rings. The van der Waals surface area contributed by atoms with E-state index >= 15 is 0 Å². The Morgan fingerprint density at radius 2 is 1.70 bits per heavy atom. The fourth-order valence-electron chi connectivity index (χ4n) is 4.88. The summed E-state index contributed by atoms with van der Waals surface area (Å²) in [6.45, 7) is 8.32. The van der Waals surface area contributed by atoms with Gasteiger partial charge < -0.3 is 14.7 Å². The fourth-order valence-corrected chi connectivity index (χ4v) is 7.06. The van der Waals surface area contributed by atoms with Crippen LogP contribution in [0.25, 0.3) is 0 Å². The number of nitrogens with zero attached hydrogens (tertiary/aromatic N) is 1. The van der Waals surface area contributed by atoms with Gasteiger partial charge in [-0.05, 0) is 69.5 Å². The molecule has 0 saturated carbocycles. The molecule has 0 spiro atoms. The molecule has 1 saturated heterocycles. The van der Waals surface area contributed by atoms with E-state index in [2.05, 4.69) is 0 Å². The lowest BCUT2D eigenvalue weighted by Crippen LogP contribution is -2.59. The van der Waals surface area contributed by atoms with Crippen LogP contribution in [0, 0.1) is 0 Å². The van der Waals surface area contributed by atoms with Gasteiger partial charge >= 0.3 is 5.97 Å². The van der Waals surface area contributed by atoms with Crippen molar-refractivity contribution < 1.29 is 27.9 Å². The first-order valence-electron chi connectivity index (χ1n) is 12.1. The first-order valence-corrected chi connectivity index (χ1v) is 14.4. The van der Waals surface area contributed by atoms with Gasteiger partial charge in [0.15, 0.2) is 9.84 Å². The van der Waals surface area contributed by atoms with E-state index in [1.54, 1.807) is 76.2 Å². The number of hydrogen-bond donors (Lipinski definition) is 1. The molecular weight excluding hydrogens is 537 g/mol. The number of hydrogen-bond acceptors (Lipinski definition) is 5. The van der Waals surface area contributed by atoms with Gasteiger partial charge in [-0.25, -0.2) is 8.42 Å². The summed E-state index contributed by atoms with van der Waals surface area (Å²) in [7, 11) is -3.70. The summed E-state index contributed by atoms with van der Waals surface area (Å²) in [6, 6.07) is 12.4. The second-order valence-corrected chi connectivity index (χ2v) is 14.2. The Kier molecular flexibility index (Phi) is 9.00. The van der Waals surface area contributed by atoms with Crippen LogP contribution in [-0.2, 0) is 24.2 Å². The normalized spacial score (nSPS) is 22.5. The number of halogens is 2. The van der Waals surface area contributed by atoms with Gasteiger partial charge in [-0.2, -0.15) is 0 Å². The predicted octanol–water partition coefficient (Wildman–Crippen LogP) is 5.86. The minimum absolute atomic E-state index is 0.328. The maximum atomic E-state index is 13.9. The largest absolute Gasteiger partial charge is 0.481 e. The Morgan fingerprint density at radius 3 is 2.22 bits per heavy atom. The fraction of sp³-hybridized carbons (Fsp3) is 0.481. The third kappa shape index (κ3) is 6.14. The van der Waals surface area contributed by atoms with Crippen LogP contribution in [0.2, 0.25) is 10.0 Å². The average molecular weight is 571 g/mol. The van der Waals surface area contributed by atoms with Crippen LogP contribution in [0.1, 0.15) is 70.7 Å². The summed E-state index contributed by atoms with van der Waals surface area (Å²) < 4.78 is 32.2. The van der Waals surface area contributed by atoms with Crippen LogP contribution < -0.4 is 0 Å². The molecule has 1 N–H and O–H groups in total. The number of carboxylic acids is 1. The maximum absolute atomic E-state index is 13.9. The van der Waals surface area contributed by atoms with Crippen molar-refractivity contribution in [2.75, 3.05) is 0 Å². The van der Waals surface area contributed by atoms with Crippen molar-refractivity contribution in [2.24, 2.45) is 0 Å². The predicted molar refractivity (Wildman–Crippen MR) is 145 cm³/mol. The number of carbonyl (C=O) groups excluding carboxylic acids is 1. The van der Waals surface area contributed by atoms with Crippen LogP contribution in [-0.4, -0.2) is 52.4 Å². The molecule has 5 atom stereocenters. The molecule has 0 radical (unpaired) electrons. The molecule has 202 valence electrons. The molecule has 2 aromatic rings. The Bertz CT molecular complexity index is 1240. The van der Waals surface area contributed by atoms with E-state index in [-0.39, 0.29) is 0 Å². The van der Waals surface area contributed by atoms with E-state index in [1.807, 2.05) is 6.92 Å². The number of morpholine rings is 1. The number of sulfone groups is 1. The van der Waals surface area contributed by atoms with Crippen molar-refractivity contribution in [3.8, 4) is 0 Å². The topological polar surface area (TPSA) is 101 Å². The number of carbonyl (C=O) groups is 2. The molecule has 3 rings (SSSR count). The van der Waals surface area contributed by atoms with Gasteiger partial charge in [-0.1, -0.05) is 54.4 Å². The van der Waals surface area contributed by atoms with Gasteiger partial charge in [-0.3, -0.25) is 9.59 Å². The third-order valence-electron chi connectivity index (χ3n) is 6.84. The highest BCUT2D eigenvalue weighted by molar-refractivity contribution is 7.93. The lowest BCUT2D eigenvalue weighted by Gasteiger charge is -2.49. The zero-order valence-corrected chi connectivity index (χ0v) is 23.8. The van der Waals surface area contributed by atoms with Crippen LogP contribution in [0.15, 0.2) is 48.5 Å². The van der Waals surface area contributed by atoms with Crippen molar-refractivity contribution in [1.29, 1.82) is 0 Å². The first-order chi connectivity index (χ1) is 17.2. The van der Waals surface area contributed by atoms with E-state index in [1.165, 1.54) is 4.90 Å². The molecule has 2 aromatic carbocycles. The zero-order chi connectivity index (χ0) is 27.7. The number of ether oxygens (including phenoxy) is 1. The molecule has 7 nitrogen and oxygen atoms in total. The third-order valence-corrected chi connectivity index (χ3v) is 10.3. The van der Waals surface area contributed by atoms with Gasteiger partial charge in [-0.15, -0.1) is 0 Å². The van der Waals surface area contributed by atoms with E-state index in [0.29, 0.717) is 27.6 Å². The summed E-state index contributed by atoms with van der Waals surface area (Å²) in [4.78, 5) is 27.1. The maximum Gasteiger partial charge on any atom is 0.306 e. The lowest BCUT2D eigenvalue weighted by atomic mass is 9.89. The molecule has 10 heteroatoms. The van der Waals surface area contributed by atoms with Gasteiger partial charge in [0.05, 0.1) is 22.5 Å². The molecule has 0 aromatic heterocycles. The minimum Gasteiger partial charge on any atom is -0.481 e. The van der Waals surface area contributed by atoms with Gasteiger partial charge in [0.25, 0.3) is 5.91 Å². The number of carboxylic acid groups (broad SMARTS) is 1. The number of rotatable bonds is 8. The van der Waals surface area contributed by atoms with Crippen LogP contribution >= 0.6 is 23.2 Å². The first kappa shape index (κ1) is 29.4. The van der Waals surface area contributed by atoms with Gasteiger partial charge in [0, 0.05) is 16.1 Å². The Balaban J connectivity index is 2.26. The molecule has 37 heavy (non-hydrogen) atoms. The molecule has 0 aliphatic carbocycles. The summed E-state index contributed by atoms with van der Waals surface area (Å²) in [5.41, 5.74) is 1.32. The number of benzene rings is 2. The van der Waals surface area contributed by atoms with E-state index < -0.39 is 62.4 Å². The van der Waals surface area contributed by atoms with Gasteiger partial charge in [0.2, 0.25) is 0 Å². The number of aliphatic carboxylic acids is 1. The summed E-state index contributed by atoms with van der Waals surface area (Å²) >= 11 is 12.4. The van der Waals surface area contributed by atoms with Crippen molar-refractivity contribution in [3.05, 3.63) is 69.7 Å². The van der Waals surface area contributed by atoms with Crippen molar-refractivity contribution in [2.45, 2.75) is 81.7 Å². The van der Waals surface area contributed by atoms with Crippen molar-refractivity contribution in [3.63, 3.8) is 0 Å². The summed E-state index contributed by atoms with van der Waals surface area (Å²) in [5, 5.41) is 9.56. The molecule has 1 amide bonds. The van der Waals surface area contributed by atoms with Crippen LogP contribution in [0.4, 0.5) is 0 Å². The minimum atomic E-state index is -3.70. The van der Waals surface area contributed by atoms with Crippen molar-refractivity contribution in [1.82, 2.24) is 4.90 Å². The van der Waals surface area contributed by atoms with Crippen molar-refractivity contribution >= 4 is 44.9 Å². The second kappa shape index (κ2) is 11.3. The highest BCUT2D eigenvalue weighted by atomic mass is 35.5. The molecule has 0 unspecified atom stereocenters. The molecule has 1 heterocycles. The Hall–Kier alpha value is -2.13. The lowest BCUT2D eigenvalue weighted by molar-refractivity contribution is -0.183. The highest BCUT2D eigenvalue weighted by Crippen LogP contribution is 2.45. The quantitative estimate of drug-likeness (QED) is 0.427. The summed E-state index contributed by atoms with van der Waals surface area (Å²) in [6.07, 6.45) is -2.34. The standard InChI is InChI=1S/C27H33Cl2NO6S/c1-6-21(16(2)37(34,35)27(3,4)5)30-24(17-10-12-19(28)13-11-17)25(18-8-7-9-20(29)14-18)36-22(26(30)33)15-23(31)32/h7-14,16,21-22,24-25H,6,15H2,1-5H3,(H,31,32)/t16-,21+,22+,24-,25-/m1/s1. The van der Waals surface area contributed by atoms with Crippen LogP contribution in [0.3, 0.4) is 0 Å². The second-order valence-electron chi connectivity index (χ2n) is 10.3. The Labute approximate surface area is 228 Å². The molecule has 1 aliphatic heterocycles. The summed E-state index contributed by atoms with van der Waals surface area (Å²) in [5.74, 6) is -1.76. The molecule has 0 bridgehead atoms. The molecular formula is C27H33Cl2NO6S. The van der Waals surface area contributed by atoms with E-state index in [0.717, 1.165) is 0 Å². The van der Waals surface area contributed by atoms with E-state index in [4.69, 9.17) is 27.9 Å². The van der Waals surface area contributed by atoms with Crippen LogP contribution in [0.5, 0.6) is 0 Å². The Morgan fingerprint density at radius 1 is 1.08 bits per heavy atom. The highest BCUT2D eigenvalue weighted by Gasteiger charge is 2.50. The van der Waals surface area contributed by atoms with E-state index in [9.17, 15) is 23.1 Å². The SMILES string of the molecule is CC[C@@H]([C@@H](C)S(=O)(=O)C(C)(C)C)N1C(=O)[C@H](CC(=O)O)O[C@H](c2cccc(Cl)c2)[C@H]1c1ccc(Cl)cc1. The number of amides is 1. The smallest absolute Gasteiger partial charge is 0.306 e. The molecule has 1 fully saturated rings. The van der Waals surface area contributed by atoms with Gasteiger partial charge in [0.1, 0.15) is 12.2 Å². The monoisotopic (exact) mass is 569 g/mol.